The zero-order valence-electron chi connectivity index (χ0n) is 10.5. The van der Waals surface area contributed by atoms with E-state index in [-0.39, 0.29) is 5.69 Å². The van der Waals surface area contributed by atoms with Crippen molar-refractivity contribution in [3.63, 3.8) is 0 Å². The highest BCUT2D eigenvalue weighted by Gasteiger charge is 2.19. The first kappa shape index (κ1) is 14.0. The SMILES string of the molecule is Cc1cc(C)c(OCc2sccc2Br)c([N+](=O)[O-])c1. The predicted molar refractivity (Wildman–Crippen MR) is 78.9 cm³/mol. The van der Waals surface area contributed by atoms with Crippen LogP contribution in [-0.4, -0.2) is 4.92 Å². The molecule has 0 fully saturated rings. The molecule has 0 unspecified atom stereocenters. The fourth-order valence-electron chi connectivity index (χ4n) is 1.82. The van der Waals surface area contributed by atoms with Crippen molar-refractivity contribution in [2.24, 2.45) is 0 Å². The van der Waals surface area contributed by atoms with Gasteiger partial charge < -0.3 is 4.74 Å². The zero-order valence-corrected chi connectivity index (χ0v) is 12.9. The number of hydrogen-bond acceptors (Lipinski definition) is 4. The smallest absolute Gasteiger partial charge is 0.311 e. The van der Waals surface area contributed by atoms with E-state index in [2.05, 4.69) is 15.9 Å². The van der Waals surface area contributed by atoms with Gasteiger partial charge in [0.05, 0.1) is 9.80 Å². The van der Waals surface area contributed by atoms with Crippen LogP contribution in [0.25, 0.3) is 0 Å². The Kier molecular flexibility index (Phi) is 4.21. The van der Waals surface area contributed by atoms with Crippen molar-refractivity contribution in [2.75, 3.05) is 0 Å². The van der Waals surface area contributed by atoms with Gasteiger partial charge >= 0.3 is 5.69 Å². The van der Waals surface area contributed by atoms with E-state index in [0.29, 0.717) is 12.4 Å². The Morgan fingerprint density at radius 1 is 1.42 bits per heavy atom. The van der Waals surface area contributed by atoms with Gasteiger partial charge in [0.25, 0.3) is 0 Å². The van der Waals surface area contributed by atoms with Gasteiger partial charge in [-0.3, -0.25) is 10.1 Å². The topological polar surface area (TPSA) is 52.4 Å². The normalized spacial score (nSPS) is 10.5. The van der Waals surface area contributed by atoms with Crippen molar-refractivity contribution >= 4 is 33.0 Å². The summed E-state index contributed by atoms with van der Waals surface area (Å²) in [6, 6.07) is 5.34. The molecule has 0 saturated carbocycles. The van der Waals surface area contributed by atoms with E-state index < -0.39 is 4.92 Å². The summed E-state index contributed by atoms with van der Waals surface area (Å²) in [6.07, 6.45) is 0. The predicted octanol–water partition coefficient (Wildman–Crippen LogP) is 4.61. The minimum absolute atomic E-state index is 0.0187. The van der Waals surface area contributed by atoms with Gasteiger partial charge in [-0.25, -0.2) is 0 Å². The van der Waals surface area contributed by atoms with Gasteiger partial charge in [0, 0.05) is 10.5 Å². The second-order valence-corrected chi connectivity index (χ2v) is 6.02. The molecule has 1 aromatic heterocycles. The van der Waals surface area contributed by atoms with Crippen LogP contribution in [0.1, 0.15) is 16.0 Å². The summed E-state index contributed by atoms with van der Waals surface area (Å²) < 4.78 is 6.61. The number of benzene rings is 1. The van der Waals surface area contributed by atoms with Gasteiger partial charge in [0.1, 0.15) is 6.61 Å². The molecule has 4 nitrogen and oxygen atoms in total. The molecule has 0 aliphatic rings. The lowest BCUT2D eigenvalue weighted by atomic mass is 10.1. The standard InChI is InChI=1S/C13H12BrNO3S/c1-8-5-9(2)13(11(6-8)15(16)17)18-7-12-10(14)3-4-19-12/h3-6H,7H2,1-2H3. The van der Waals surface area contributed by atoms with E-state index in [1.807, 2.05) is 31.4 Å². The van der Waals surface area contributed by atoms with Crippen LogP contribution in [0.5, 0.6) is 5.75 Å². The second kappa shape index (κ2) is 5.71. The number of rotatable bonds is 4. The Morgan fingerprint density at radius 3 is 2.74 bits per heavy atom. The number of aryl methyl sites for hydroxylation is 2. The van der Waals surface area contributed by atoms with Crippen molar-refractivity contribution < 1.29 is 9.66 Å². The van der Waals surface area contributed by atoms with Crippen LogP contribution in [0.3, 0.4) is 0 Å². The van der Waals surface area contributed by atoms with Gasteiger partial charge in [0.15, 0.2) is 5.75 Å². The number of nitrogens with zero attached hydrogens (tertiary/aromatic N) is 1. The van der Waals surface area contributed by atoms with Crippen molar-refractivity contribution in [3.05, 3.63) is 54.2 Å². The Labute approximate surface area is 123 Å². The summed E-state index contributed by atoms with van der Waals surface area (Å²) >= 11 is 4.96. The summed E-state index contributed by atoms with van der Waals surface area (Å²) in [5, 5.41) is 13.0. The lowest BCUT2D eigenvalue weighted by Gasteiger charge is -2.10. The Bertz CT molecular complexity index is 624. The number of ether oxygens (including phenoxy) is 1. The lowest BCUT2D eigenvalue weighted by Crippen LogP contribution is -2.01. The van der Waals surface area contributed by atoms with Gasteiger partial charge in [-0.15, -0.1) is 11.3 Å². The monoisotopic (exact) mass is 341 g/mol. The van der Waals surface area contributed by atoms with E-state index in [1.54, 1.807) is 11.3 Å². The maximum atomic E-state index is 11.1. The lowest BCUT2D eigenvalue weighted by molar-refractivity contribution is -0.386. The number of hydrogen-bond donors (Lipinski definition) is 0. The highest BCUT2D eigenvalue weighted by Crippen LogP contribution is 2.33. The van der Waals surface area contributed by atoms with Crippen molar-refractivity contribution in [1.82, 2.24) is 0 Å². The molecule has 0 atom stereocenters. The van der Waals surface area contributed by atoms with Gasteiger partial charge in [-0.1, -0.05) is 6.07 Å². The summed E-state index contributed by atoms with van der Waals surface area (Å²) in [4.78, 5) is 11.7. The van der Waals surface area contributed by atoms with Crippen LogP contribution in [0.15, 0.2) is 28.1 Å². The quantitative estimate of drug-likeness (QED) is 0.602. The van der Waals surface area contributed by atoms with Crippen LogP contribution in [0.4, 0.5) is 5.69 Å². The van der Waals surface area contributed by atoms with Crippen molar-refractivity contribution in [3.8, 4) is 5.75 Å². The van der Waals surface area contributed by atoms with Crippen LogP contribution < -0.4 is 4.74 Å². The molecular formula is C13H12BrNO3S. The number of halogens is 1. The molecule has 0 bridgehead atoms. The molecule has 2 aromatic rings. The van der Waals surface area contributed by atoms with Crippen LogP contribution in [-0.2, 0) is 6.61 Å². The van der Waals surface area contributed by atoms with Crippen molar-refractivity contribution in [2.45, 2.75) is 20.5 Å². The molecule has 0 radical (unpaired) electrons. The first-order valence-electron chi connectivity index (χ1n) is 5.59. The summed E-state index contributed by atoms with van der Waals surface area (Å²) in [7, 11) is 0. The Morgan fingerprint density at radius 2 is 2.16 bits per heavy atom. The van der Waals surface area contributed by atoms with E-state index in [0.717, 1.165) is 20.5 Å². The third-order valence-electron chi connectivity index (χ3n) is 2.63. The molecular weight excluding hydrogens is 330 g/mol. The third-order valence-corrected chi connectivity index (χ3v) is 4.53. The minimum Gasteiger partial charge on any atom is -0.481 e. The van der Waals surface area contributed by atoms with E-state index in [4.69, 9.17) is 4.74 Å². The molecule has 0 amide bonds. The molecule has 100 valence electrons. The number of nitro benzene ring substituents is 1. The van der Waals surface area contributed by atoms with Gasteiger partial charge in [0.2, 0.25) is 0 Å². The maximum absolute atomic E-state index is 11.1. The molecule has 0 saturated heterocycles. The first-order chi connectivity index (χ1) is 8.99. The number of nitro groups is 1. The molecule has 1 aromatic carbocycles. The summed E-state index contributed by atoms with van der Waals surface area (Å²) in [5.74, 6) is 0.343. The molecule has 1 heterocycles. The average Bonchev–Trinajstić information content (AvgIpc) is 2.73. The molecule has 2 rings (SSSR count). The second-order valence-electron chi connectivity index (χ2n) is 4.17. The highest BCUT2D eigenvalue weighted by molar-refractivity contribution is 9.10. The zero-order chi connectivity index (χ0) is 14.0. The Hall–Kier alpha value is -1.40. The molecule has 0 N–H and O–H groups in total. The summed E-state index contributed by atoms with van der Waals surface area (Å²) in [6.45, 7) is 3.97. The Balaban J connectivity index is 2.29. The summed E-state index contributed by atoms with van der Waals surface area (Å²) in [5.41, 5.74) is 1.65. The van der Waals surface area contributed by atoms with E-state index in [1.165, 1.54) is 6.07 Å². The van der Waals surface area contributed by atoms with E-state index >= 15 is 0 Å². The van der Waals surface area contributed by atoms with Gasteiger partial charge in [-0.2, -0.15) is 0 Å². The minimum atomic E-state index is -0.404. The highest BCUT2D eigenvalue weighted by atomic mass is 79.9. The molecule has 6 heteroatoms. The fourth-order valence-corrected chi connectivity index (χ4v) is 3.20. The van der Waals surface area contributed by atoms with Crippen molar-refractivity contribution in [1.29, 1.82) is 0 Å². The molecule has 0 aliphatic carbocycles. The largest absolute Gasteiger partial charge is 0.481 e. The third kappa shape index (κ3) is 3.13. The molecule has 0 spiro atoms. The fraction of sp³-hybridized carbons (Fsp3) is 0.231. The van der Waals surface area contributed by atoms with Gasteiger partial charge in [-0.05, 0) is 52.4 Å². The first-order valence-corrected chi connectivity index (χ1v) is 7.26. The van der Waals surface area contributed by atoms with Crippen LogP contribution >= 0.6 is 27.3 Å². The van der Waals surface area contributed by atoms with Crippen LogP contribution in [0.2, 0.25) is 0 Å². The number of thiophene rings is 1. The maximum Gasteiger partial charge on any atom is 0.311 e. The average molecular weight is 342 g/mol. The van der Waals surface area contributed by atoms with Crippen LogP contribution in [0, 0.1) is 24.0 Å². The molecule has 19 heavy (non-hydrogen) atoms. The van der Waals surface area contributed by atoms with E-state index in [9.17, 15) is 10.1 Å². The molecule has 0 aliphatic heterocycles.